The quantitative estimate of drug-likeness (QED) is 0.427. The minimum absolute atomic E-state index is 0.251. The molecule has 2 aromatic carbocycles. The first-order valence-corrected chi connectivity index (χ1v) is 11.1. The zero-order valence-corrected chi connectivity index (χ0v) is 18.1. The van der Waals surface area contributed by atoms with E-state index >= 15 is 0 Å². The molecule has 0 fully saturated rings. The van der Waals surface area contributed by atoms with Gasteiger partial charge in [0.25, 0.3) is 0 Å². The van der Waals surface area contributed by atoms with Crippen molar-refractivity contribution in [2.45, 2.75) is 24.0 Å². The maximum absolute atomic E-state index is 13.1. The maximum Gasteiger partial charge on any atom is 0.338 e. The third kappa shape index (κ3) is 3.27. The Morgan fingerprint density at radius 2 is 0.853 bits per heavy atom. The molecule has 166 valence electrons. The van der Waals surface area contributed by atoms with Crippen LogP contribution in [0.1, 0.15) is 54.8 Å². The second-order valence-electron chi connectivity index (χ2n) is 8.42. The molecule has 2 heterocycles. The largest absolute Gasteiger partial charge is 0.454 e. The fourth-order valence-electron chi connectivity index (χ4n) is 5.21. The number of carbonyl (C=O) groups excluding carboxylic acids is 2. The Bertz CT molecular complexity index is 1220. The van der Waals surface area contributed by atoms with E-state index in [1.807, 2.05) is 24.3 Å². The van der Waals surface area contributed by atoms with Crippen LogP contribution in [0.25, 0.3) is 0 Å². The second kappa shape index (κ2) is 8.23. The van der Waals surface area contributed by atoms with Gasteiger partial charge < -0.3 is 9.47 Å². The van der Waals surface area contributed by atoms with E-state index in [0.717, 1.165) is 22.3 Å². The van der Waals surface area contributed by atoms with E-state index in [-0.39, 0.29) is 11.8 Å². The van der Waals surface area contributed by atoms with E-state index in [1.54, 1.807) is 49.1 Å². The minimum Gasteiger partial charge on any atom is -0.454 e. The molecular weight excluding hydrogens is 428 g/mol. The van der Waals surface area contributed by atoms with Gasteiger partial charge in [-0.25, -0.2) is 9.59 Å². The standard InChI is InChI=1S/C28H20N2O4/c31-27(17-9-13-29-14-10-17)33-25-23-19-5-1-2-6-20(19)24(22-8-4-3-7-21(22)23)26(25)34-28(32)18-11-15-30-16-12-18/h1-16,23-26H. The molecule has 2 atom stereocenters. The Balaban J connectivity index is 1.46. The second-order valence-corrected chi connectivity index (χ2v) is 8.42. The van der Waals surface area contributed by atoms with Crippen molar-refractivity contribution in [2.24, 2.45) is 0 Å². The van der Waals surface area contributed by atoms with Crippen molar-refractivity contribution in [2.75, 3.05) is 0 Å². The van der Waals surface area contributed by atoms with Gasteiger partial charge in [0.2, 0.25) is 0 Å². The van der Waals surface area contributed by atoms with Gasteiger partial charge in [0.15, 0.2) is 12.2 Å². The van der Waals surface area contributed by atoms with Crippen molar-refractivity contribution >= 4 is 11.9 Å². The van der Waals surface area contributed by atoms with Crippen LogP contribution in [-0.4, -0.2) is 34.1 Å². The van der Waals surface area contributed by atoms with E-state index < -0.39 is 24.1 Å². The molecule has 6 nitrogen and oxygen atoms in total. The van der Waals surface area contributed by atoms with Gasteiger partial charge in [-0.1, -0.05) is 48.5 Å². The van der Waals surface area contributed by atoms with E-state index in [9.17, 15) is 9.59 Å². The van der Waals surface area contributed by atoms with Crippen LogP contribution >= 0.6 is 0 Å². The predicted octanol–water partition coefficient (Wildman–Crippen LogP) is 4.52. The summed E-state index contributed by atoms with van der Waals surface area (Å²) >= 11 is 0. The molecule has 4 aromatic rings. The number of pyridine rings is 2. The lowest BCUT2D eigenvalue weighted by Crippen LogP contribution is -2.51. The summed E-state index contributed by atoms with van der Waals surface area (Å²) in [6.45, 7) is 0. The number of hydrogen-bond acceptors (Lipinski definition) is 6. The number of aromatic nitrogens is 2. The highest BCUT2D eigenvalue weighted by Gasteiger charge is 2.53. The molecule has 0 saturated heterocycles. The van der Waals surface area contributed by atoms with Gasteiger partial charge in [-0.05, 0) is 46.5 Å². The zero-order chi connectivity index (χ0) is 23.1. The molecule has 34 heavy (non-hydrogen) atoms. The molecule has 3 aliphatic rings. The third-order valence-electron chi connectivity index (χ3n) is 6.63. The lowest BCUT2D eigenvalue weighted by molar-refractivity contribution is -0.0557. The van der Waals surface area contributed by atoms with E-state index in [1.165, 1.54) is 0 Å². The number of carbonyl (C=O) groups is 2. The summed E-state index contributed by atoms with van der Waals surface area (Å²) < 4.78 is 12.2. The molecule has 0 aliphatic heterocycles. The fourth-order valence-corrected chi connectivity index (χ4v) is 5.21. The molecule has 0 radical (unpaired) electrons. The smallest absolute Gasteiger partial charge is 0.338 e. The number of fused-ring (bicyclic) bond motifs is 1. The van der Waals surface area contributed by atoms with Crippen molar-refractivity contribution < 1.29 is 19.1 Å². The summed E-state index contributed by atoms with van der Waals surface area (Å²) in [5.74, 6) is -1.45. The van der Waals surface area contributed by atoms with Crippen LogP contribution in [0.15, 0.2) is 97.6 Å². The van der Waals surface area contributed by atoms with Crippen molar-refractivity contribution in [1.82, 2.24) is 9.97 Å². The highest BCUT2D eigenvalue weighted by molar-refractivity contribution is 5.90. The predicted molar refractivity (Wildman–Crippen MR) is 123 cm³/mol. The van der Waals surface area contributed by atoms with Crippen LogP contribution in [0.2, 0.25) is 0 Å². The molecule has 6 heteroatoms. The number of ether oxygens (including phenoxy) is 2. The number of nitrogens with zero attached hydrogens (tertiary/aromatic N) is 2. The van der Waals surface area contributed by atoms with Gasteiger partial charge >= 0.3 is 11.9 Å². The van der Waals surface area contributed by atoms with Crippen LogP contribution in [-0.2, 0) is 9.47 Å². The first-order valence-electron chi connectivity index (χ1n) is 11.1. The molecule has 0 amide bonds. The Labute approximate surface area is 196 Å². The van der Waals surface area contributed by atoms with Crippen LogP contribution in [0.5, 0.6) is 0 Å². The average Bonchev–Trinajstić information content (AvgIpc) is 2.90. The number of esters is 2. The highest BCUT2D eigenvalue weighted by atomic mass is 16.6. The SMILES string of the molecule is O=C(OC1C2c3ccccc3C(c3ccccc32)C1OC(=O)c1ccncc1)c1ccncc1. The van der Waals surface area contributed by atoms with Crippen molar-refractivity contribution in [3.05, 3.63) is 131 Å². The van der Waals surface area contributed by atoms with Crippen LogP contribution in [0.4, 0.5) is 0 Å². The molecular formula is C28H20N2O4. The van der Waals surface area contributed by atoms with E-state index in [2.05, 4.69) is 34.2 Å². The Hall–Kier alpha value is -4.32. The van der Waals surface area contributed by atoms with Crippen LogP contribution in [0.3, 0.4) is 0 Å². The third-order valence-corrected chi connectivity index (χ3v) is 6.63. The molecule has 0 saturated carbocycles. The summed E-state index contributed by atoms with van der Waals surface area (Å²) in [5, 5.41) is 0. The van der Waals surface area contributed by atoms with Gasteiger partial charge in [0, 0.05) is 24.8 Å². The Morgan fingerprint density at radius 3 is 1.18 bits per heavy atom. The van der Waals surface area contributed by atoms with Gasteiger partial charge in [0.1, 0.15) is 0 Å². The van der Waals surface area contributed by atoms with Crippen molar-refractivity contribution in [1.29, 1.82) is 0 Å². The van der Waals surface area contributed by atoms with Gasteiger partial charge in [-0.2, -0.15) is 0 Å². The average molecular weight is 448 g/mol. The molecule has 0 spiro atoms. The summed E-state index contributed by atoms with van der Waals surface area (Å²) in [4.78, 5) is 34.2. The summed E-state index contributed by atoms with van der Waals surface area (Å²) in [6.07, 6.45) is 4.84. The topological polar surface area (TPSA) is 78.4 Å². The summed E-state index contributed by atoms with van der Waals surface area (Å²) in [7, 11) is 0. The normalized spacial score (nSPS) is 21.8. The highest BCUT2D eigenvalue weighted by Crippen LogP contribution is 2.54. The van der Waals surface area contributed by atoms with E-state index in [4.69, 9.17) is 9.47 Å². The molecule has 2 bridgehead atoms. The Morgan fingerprint density at radius 1 is 0.529 bits per heavy atom. The van der Waals surface area contributed by atoms with Crippen molar-refractivity contribution in [3.63, 3.8) is 0 Å². The summed E-state index contributed by atoms with van der Waals surface area (Å²) in [6, 6.07) is 22.7. The maximum atomic E-state index is 13.1. The lowest BCUT2D eigenvalue weighted by atomic mass is 9.61. The van der Waals surface area contributed by atoms with Gasteiger partial charge in [0.05, 0.1) is 23.0 Å². The molecule has 3 aliphatic carbocycles. The van der Waals surface area contributed by atoms with Crippen LogP contribution < -0.4 is 0 Å². The Kier molecular flexibility index (Phi) is 4.91. The fraction of sp³-hybridized carbons (Fsp3) is 0.143. The van der Waals surface area contributed by atoms with Crippen molar-refractivity contribution in [3.8, 4) is 0 Å². The summed E-state index contributed by atoms with van der Waals surface area (Å²) in [5.41, 5.74) is 5.17. The number of benzene rings is 2. The van der Waals surface area contributed by atoms with Crippen LogP contribution in [0, 0.1) is 0 Å². The first-order chi connectivity index (χ1) is 16.7. The molecule has 2 unspecified atom stereocenters. The van der Waals surface area contributed by atoms with E-state index in [0.29, 0.717) is 11.1 Å². The zero-order valence-electron chi connectivity index (χ0n) is 18.1. The van der Waals surface area contributed by atoms with Gasteiger partial charge in [-0.15, -0.1) is 0 Å². The van der Waals surface area contributed by atoms with Gasteiger partial charge in [-0.3, -0.25) is 9.97 Å². The lowest BCUT2D eigenvalue weighted by Gasteiger charge is -2.49. The number of rotatable bonds is 4. The minimum atomic E-state index is -0.679. The molecule has 0 N–H and O–H groups in total. The molecule has 2 aromatic heterocycles. The monoisotopic (exact) mass is 448 g/mol. The molecule has 7 rings (SSSR count). The first kappa shape index (κ1) is 20.3. The number of hydrogen-bond donors (Lipinski definition) is 0.